The average Bonchev–Trinajstić information content (AvgIpc) is 3.21. The lowest BCUT2D eigenvalue weighted by Gasteiger charge is -2.09. The molecule has 1 aromatic heterocycles. The van der Waals surface area contributed by atoms with Crippen LogP contribution in [0.3, 0.4) is 0 Å². The largest absolute Gasteiger partial charge is 0.350 e. The van der Waals surface area contributed by atoms with E-state index in [0.29, 0.717) is 13.0 Å². The highest BCUT2D eigenvalue weighted by Crippen LogP contribution is 2.22. The van der Waals surface area contributed by atoms with Crippen LogP contribution < -0.4 is 10.0 Å². The van der Waals surface area contributed by atoms with Crippen LogP contribution >= 0.6 is 0 Å². The molecule has 0 radical (unpaired) electrons. The third kappa shape index (κ3) is 4.33. The standard InChI is InChI=1S/C22H20N4O3S/c27-22(23-13-12-16-6-2-1-3-7-16)21-20(15-24-25-21)26-30(28,29)19-11-10-17-8-4-5-9-18(17)14-19/h1-11,14-15,26H,12-13H2,(H,23,27)(H,24,25). The maximum absolute atomic E-state index is 12.8. The van der Waals surface area contributed by atoms with E-state index in [2.05, 4.69) is 20.2 Å². The van der Waals surface area contributed by atoms with E-state index in [0.717, 1.165) is 16.3 Å². The molecule has 4 rings (SSSR count). The minimum atomic E-state index is -3.88. The lowest BCUT2D eigenvalue weighted by Crippen LogP contribution is -2.27. The molecule has 1 amide bonds. The van der Waals surface area contributed by atoms with Crippen molar-refractivity contribution in [3.8, 4) is 0 Å². The molecule has 0 bridgehead atoms. The van der Waals surface area contributed by atoms with Gasteiger partial charge in [0.15, 0.2) is 5.69 Å². The maximum atomic E-state index is 12.8. The molecule has 30 heavy (non-hydrogen) atoms. The van der Waals surface area contributed by atoms with Gasteiger partial charge in [-0.3, -0.25) is 14.6 Å². The van der Waals surface area contributed by atoms with E-state index in [1.807, 2.05) is 54.6 Å². The first-order valence-electron chi connectivity index (χ1n) is 9.40. The Labute approximate surface area is 174 Å². The highest BCUT2D eigenvalue weighted by atomic mass is 32.2. The smallest absolute Gasteiger partial charge is 0.273 e. The fourth-order valence-electron chi connectivity index (χ4n) is 3.13. The predicted octanol–water partition coefficient (Wildman–Crippen LogP) is 3.34. The number of hydrogen-bond donors (Lipinski definition) is 3. The van der Waals surface area contributed by atoms with Crippen LogP contribution in [0, 0.1) is 0 Å². The van der Waals surface area contributed by atoms with E-state index < -0.39 is 15.9 Å². The molecule has 0 spiro atoms. The molecule has 0 fully saturated rings. The first-order chi connectivity index (χ1) is 14.5. The van der Waals surface area contributed by atoms with Gasteiger partial charge in [0.05, 0.1) is 10.6 Å². The monoisotopic (exact) mass is 420 g/mol. The average molecular weight is 420 g/mol. The van der Waals surface area contributed by atoms with Gasteiger partial charge in [-0.25, -0.2) is 8.42 Å². The fourth-order valence-corrected chi connectivity index (χ4v) is 4.22. The van der Waals surface area contributed by atoms with E-state index in [4.69, 9.17) is 0 Å². The molecule has 3 aromatic carbocycles. The van der Waals surface area contributed by atoms with Gasteiger partial charge in [0.25, 0.3) is 15.9 Å². The van der Waals surface area contributed by atoms with E-state index in [1.54, 1.807) is 12.1 Å². The van der Waals surface area contributed by atoms with Crippen LogP contribution in [0.4, 0.5) is 5.69 Å². The molecule has 1 heterocycles. The zero-order valence-corrected chi connectivity index (χ0v) is 16.8. The molecule has 7 nitrogen and oxygen atoms in total. The van der Waals surface area contributed by atoms with Gasteiger partial charge in [-0.15, -0.1) is 0 Å². The summed E-state index contributed by atoms with van der Waals surface area (Å²) in [6, 6.07) is 22.1. The highest BCUT2D eigenvalue weighted by Gasteiger charge is 2.21. The van der Waals surface area contributed by atoms with Crippen molar-refractivity contribution in [1.82, 2.24) is 15.5 Å². The molecule has 0 saturated heterocycles. The van der Waals surface area contributed by atoms with Gasteiger partial charge in [-0.05, 0) is 34.9 Å². The molecule has 0 aliphatic heterocycles. The van der Waals surface area contributed by atoms with Crippen molar-refractivity contribution in [2.45, 2.75) is 11.3 Å². The van der Waals surface area contributed by atoms with Gasteiger partial charge < -0.3 is 5.32 Å². The van der Waals surface area contributed by atoms with Crippen molar-refractivity contribution in [2.24, 2.45) is 0 Å². The number of carbonyl (C=O) groups is 1. The maximum Gasteiger partial charge on any atom is 0.273 e. The number of nitrogens with one attached hydrogen (secondary N) is 3. The lowest BCUT2D eigenvalue weighted by molar-refractivity contribution is 0.0950. The zero-order valence-electron chi connectivity index (χ0n) is 16.0. The van der Waals surface area contributed by atoms with Crippen molar-refractivity contribution < 1.29 is 13.2 Å². The number of amides is 1. The van der Waals surface area contributed by atoms with Gasteiger partial charge in [-0.2, -0.15) is 5.10 Å². The van der Waals surface area contributed by atoms with Gasteiger partial charge in [-0.1, -0.05) is 60.7 Å². The summed E-state index contributed by atoms with van der Waals surface area (Å²) in [7, 11) is -3.88. The number of rotatable bonds is 7. The quantitative estimate of drug-likeness (QED) is 0.427. The topological polar surface area (TPSA) is 104 Å². The molecular weight excluding hydrogens is 400 g/mol. The van der Waals surface area contributed by atoms with Crippen molar-refractivity contribution in [1.29, 1.82) is 0 Å². The molecule has 3 N–H and O–H groups in total. The van der Waals surface area contributed by atoms with Gasteiger partial charge in [0, 0.05) is 12.7 Å². The number of aromatic amines is 1. The molecule has 152 valence electrons. The number of nitrogens with zero attached hydrogens (tertiary/aromatic N) is 1. The second-order valence-electron chi connectivity index (χ2n) is 6.75. The molecule has 0 atom stereocenters. The second kappa shape index (κ2) is 8.38. The molecule has 0 aliphatic carbocycles. The van der Waals surface area contributed by atoms with Gasteiger partial charge in [0.1, 0.15) is 0 Å². The van der Waals surface area contributed by atoms with Crippen LogP contribution in [0.25, 0.3) is 10.8 Å². The number of hydrogen-bond acceptors (Lipinski definition) is 4. The molecule has 8 heteroatoms. The van der Waals surface area contributed by atoms with Crippen LogP contribution in [-0.4, -0.2) is 31.1 Å². The summed E-state index contributed by atoms with van der Waals surface area (Å²) >= 11 is 0. The van der Waals surface area contributed by atoms with Crippen molar-refractivity contribution in [3.05, 3.63) is 90.3 Å². The van der Waals surface area contributed by atoms with Crippen LogP contribution in [0.1, 0.15) is 16.1 Å². The number of H-pyrrole nitrogens is 1. The first-order valence-corrected chi connectivity index (χ1v) is 10.9. The molecule has 4 aromatic rings. The number of anilines is 1. The molecule has 0 unspecified atom stereocenters. The lowest BCUT2D eigenvalue weighted by atomic mass is 10.1. The Balaban J connectivity index is 1.47. The Hall–Kier alpha value is -3.65. The number of benzene rings is 3. The summed E-state index contributed by atoms with van der Waals surface area (Å²) in [6.07, 6.45) is 2.01. The molecule has 0 saturated carbocycles. The summed E-state index contributed by atoms with van der Waals surface area (Å²) in [5.41, 5.74) is 1.19. The second-order valence-corrected chi connectivity index (χ2v) is 8.44. The van der Waals surface area contributed by atoms with Crippen molar-refractivity contribution >= 4 is 32.4 Å². The van der Waals surface area contributed by atoms with Crippen LogP contribution in [0.2, 0.25) is 0 Å². The van der Waals surface area contributed by atoms with E-state index in [1.165, 1.54) is 12.3 Å². The summed E-state index contributed by atoms with van der Waals surface area (Å²) in [4.78, 5) is 12.6. The fraction of sp³-hybridized carbons (Fsp3) is 0.0909. The van der Waals surface area contributed by atoms with Crippen LogP contribution in [0.15, 0.2) is 83.9 Å². The predicted molar refractivity (Wildman–Crippen MR) is 116 cm³/mol. The summed E-state index contributed by atoms with van der Waals surface area (Å²) in [6.45, 7) is 0.409. The van der Waals surface area contributed by atoms with E-state index in [-0.39, 0.29) is 16.3 Å². The third-order valence-electron chi connectivity index (χ3n) is 4.67. The molecule has 0 aliphatic rings. The molecular formula is C22H20N4O3S. The number of fused-ring (bicyclic) bond motifs is 1. The van der Waals surface area contributed by atoms with Crippen molar-refractivity contribution in [3.63, 3.8) is 0 Å². The van der Waals surface area contributed by atoms with Crippen LogP contribution in [-0.2, 0) is 16.4 Å². The Morgan fingerprint density at radius 1 is 0.933 bits per heavy atom. The number of carbonyl (C=O) groups excluding carboxylic acids is 1. The summed E-state index contributed by atoms with van der Waals surface area (Å²) in [5.74, 6) is -0.455. The minimum absolute atomic E-state index is 0.00701. The Bertz CT molecular complexity index is 1280. The summed E-state index contributed by atoms with van der Waals surface area (Å²) < 4.78 is 28.1. The van der Waals surface area contributed by atoms with Gasteiger partial charge in [0.2, 0.25) is 0 Å². The zero-order chi connectivity index (χ0) is 21.0. The number of aromatic nitrogens is 2. The highest BCUT2D eigenvalue weighted by molar-refractivity contribution is 7.92. The van der Waals surface area contributed by atoms with E-state index >= 15 is 0 Å². The first kappa shape index (κ1) is 19.7. The SMILES string of the molecule is O=C(NCCc1ccccc1)c1n[nH]cc1NS(=O)(=O)c1ccc2ccccc2c1. The minimum Gasteiger partial charge on any atom is -0.350 e. The van der Waals surface area contributed by atoms with E-state index in [9.17, 15) is 13.2 Å². The Morgan fingerprint density at radius 3 is 2.47 bits per heavy atom. The normalized spacial score (nSPS) is 11.3. The summed E-state index contributed by atoms with van der Waals surface area (Å²) in [5, 5.41) is 11.0. The number of sulfonamides is 1. The van der Waals surface area contributed by atoms with Crippen molar-refractivity contribution in [2.75, 3.05) is 11.3 Å². The Kier molecular flexibility index (Phi) is 5.49. The van der Waals surface area contributed by atoms with Gasteiger partial charge >= 0.3 is 0 Å². The van der Waals surface area contributed by atoms with Crippen LogP contribution in [0.5, 0.6) is 0 Å². The third-order valence-corrected chi connectivity index (χ3v) is 6.04. The Morgan fingerprint density at radius 2 is 1.67 bits per heavy atom.